The Hall–Kier alpha value is -1.65. The molecular weight excluding hydrogens is 147 g/mol. The lowest BCUT2D eigenvalue weighted by Gasteiger charge is -2.09. The van der Waals surface area contributed by atoms with E-state index in [1.807, 2.05) is 0 Å². The zero-order valence-electron chi connectivity index (χ0n) is 5.56. The Bertz CT molecular complexity index is 338. The number of rotatable bonds is 0. The fraction of sp³-hybridized carbons (Fsp3) is 0. The van der Waals surface area contributed by atoms with Crippen molar-refractivity contribution in [1.82, 2.24) is 15.3 Å². The van der Waals surface area contributed by atoms with Gasteiger partial charge in [-0.1, -0.05) is 6.58 Å². The molecular formula is C6H5FN4. The SMILES string of the molecule is C=C1NC(F)=Nc2nc[nH]c21. The average molecular weight is 152 g/mol. The van der Waals surface area contributed by atoms with E-state index in [1.165, 1.54) is 6.33 Å². The molecule has 56 valence electrons. The summed E-state index contributed by atoms with van der Waals surface area (Å²) in [5.41, 5.74) is 1.08. The molecule has 1 aromatic heterocycles. The number of nitrogens with zero attached hydrogens (tertiary/aromatic N) is 2. The second kappa shape index (κ2) is 1.91. The highest BCUT2D eigenvalue weighted by atomic mass is 19.1. The van der Waals surface area contributed by atoms with Crippen LogP contribution in [-0.2, 0) is 0 Å². The monoisotopic (exact) mass is 152 g/mol. The molecule has 0 saturated heterocycles. The highest BCUT2D eigenvalue weighted by Crippen LogP contribution is 2.23. The van der Waals surface area contributed by atoms with Gasteiger partial charge in [0.05, 0.1) is 12.0 Å². The summed E-state index contributed by atoms with van der Waals surface area (Å²) in [5.74, 6) is 0.339. The average Bonchev–Trinajstić information content (AvgIpc) is 2.34. The van der Waals surface area contributed by atoms with Crippen molar-refractivity contribution >= 4 is 17.6 Å². The Morgan fingerprint density at radius 3 is 3.18 bits per heavy atom. The maximum Gasteiger partial charge on any atom is 0.289 e. The third kappa shape index (κ3) is 0.813. The molecule has 5 heteroatoms. The summed E-state index contributed by atoms with van der Waals surface area (Å²) in [7, 11) is 0. The fourth-order valence-corrected chi connectivity index (χ4v) is 0.902. The molecule has 4 nitrogen and oxygen atoms in total. The predicted octanol–water partition coefficient (Wildman–Crippen LogP) is 0.941. The van der Waals surface area contributed by atoms with E-state index in [2.05, 4.69) is 26.9 Å². The molecule has 1 aliphatic heterocycles. The molecule has 1 aromatic rings. The minimum absolute atomic E-state index is 0.339. The fourth-order valence-electron chi connectivity index (χ4n) is 0.902. The van der Waals surface area contributed by atoms with Gasteiger partial charge in [-0.05, 0) is 0 Å². The Morgan fingerprint density at radius 1 is 1.55 bits per heavy atom. The van der Waals surface area contributed by atoms with E-state index in [0.29, 0.717) is 17.2 Å². The first-order valence-electron chi connectivity index (χ1n) is 3.01. The number of aliphatic imine (C=N–C) groups is 1. The van der Waals surface area contributed by atoms with Crippen LogP contribution >= 0.6 is 0 Å². The first-order valence-corrected chi connectivity index (χ1v) is 3.01. The number of amidine groups is 1. The molecule has 2 heterocycles. The van der Waals surface area contributed by atoms with Crippen LogP contribution in [0.1, 0.15) is 5.69 Å². The normalized spacial score (nSPS) is 15.4. The predicted molar refractivity (Wildman–Crippen MR) is 39.0 cm³/mol. The highest BCUT2D eigenvalue weighted by Gasteiger charge is 2.15. The van der Waals surface area contributed by atoms with Gasteiger partial charge in [-0.3, -0.25) is 0 Å². The maximum absolute atomic E-state index is 12.5. The molecule has 0 amide bonds. The van der Waals surface area contributed by atoms with Gasteiger partial charge in [0.2, 0.25) is 0 Å². The highest BCUT2D eigenvalue weighted by molar-refractivity contribution is 5.90. The third-order valence-corrected chi connectivity index (χ3v) is 1.38. The topological polar surface area (TPSA) is 53.1 Å². The van der Waals surface area contributed by atoms with Crippen molar-refractivity contribution in [2.24, 2.45) is 4.99 Å². The number of nitrogens with one attached hydrogen (secondary N) is 2. The van der Waals surface area contributed by atoms with Gasteiger partial charge in [-0.25, -0.2) is 4.98 Å². The Labute approximate surface area is 61.9 Å². The van der Waals surface area contributed by atoms with Gasteiger partial charge in [-0.2, -0.15) is 9.38 Å². The van der Waals surface area contributed by atoms with Gasteiger partial charge >= 0.3 is 0 Å². The van der Waals surface area contributed by atoms with Crippen LogP contribution in [0.2, 0.25) is 0 Å². The van der Waals surface area contributed by atoms with Gasteiger partial charge in [0, 0.05) is 0 Å². The van der Waals surface area contributed by atoms with E-state index in [1.54, 1.807) is 0 Å². The number of imidazole rings is 1. The smallest absolute Gasteiger partial charge is 0.289 e. The zero-order valence-corrected chi connectivity index (χ0v) is 5.56. The molecule has 0 unspecified atom stereocenters. The second-order valence-electron chi connectivity index (χ2n) is 2.11. The van der Waals surface area contributed by atoms with Gasteiger partial charge < -0.3 is 10.3 Å². The van der Waals surface area contributed by atoms with Gasteiger partial charge in [0.25, 0.3) is 6.09 Å². The van der Waals surface area contributed by atoms with Crippen LogP contribution in [-0.4, -0.2) is 16.1 Å². The molecule has 0 radical (unpaired) electrons. The number of aromatic amines is 1. The van der Waals surface area contributed by atoms with Crippen LogP contribution in [0, 0.1) is 0 Å². The van der Waals surface area contributed by atoms with E-state index in [9.17, 15) is 4.39 Å². The van der Waals surface area contributed by atoms with Crippen LogP contribution in [0.25, 0.3) is 5.70 Å². The number of hydrogen-bond acceptors (Lipinski definition) is 3. The molecule has 0 aliphatic carbocycles. The standard InChI is InChI=1S/C6H5FN4/c1-3-4-5(9-2-8-4)11-6(7)10-3/h2H,1H2,(H,8,9)(H,10,11). The van der Waals surface area contributed by atoms with Crippen molar-refractivity contribution in [2.45, 2.75) is 0 Å². The summed E-state index contributed by atoms with van der Waals surface area (Å²) < 4.78 is 12.5. The first kappa shape index (κ1) is 6.09. The zero-order chi connectivity index (χ0) is 7.84. The Morgan fingerprint density at radius 2 is 2.36 bits per heavy atom. The first-order chi connectivity index (χ1) is 5.27. The van der Waals surface area contributed by atoms with Crippen molar-refractivity contribution in [3.63, 3.8) is 0 Å². The minimum Gasteiger partial charge on any atom is -0.342 e. The van der Waals surface area contributed by atoms with E-state index in [-0.39, 0.29) is 0 Å². The lowest BCUT2D eigenvalue weighted by molar-refractivity contribution is 0.760. The van der Waals surface area contributed by atoms with Gasteiger partial charge in [-0.15, -0.1) is 0 Å². The number of aromatic nitrogens is 2. The summed E-state index contributed by atoms with van der Waals surface area (Å²) >= 11 is 0. The number of H-pyrrole nitrogens is 1. The lowest BCUT2D eigenvalue weighted by atomic mass is 10.3. The molecule has 11 heavy (non-hydrogen) atoms. The van der Waals surface area contributed by atoms with Crippen molar-refractivity contribution in [3.8, 4) is 0 Å². The van der Waals surface area contributed by atoms with Crippen LogP contribution in [0.4, 0.5) is 10.2 Å². The van der Waals surface area contributed by atoms with Gasteiger partial charge in [0.1, 0.15) is 5.69 Å². The molecule has 0 aromatic carbocycles. The van der Waals surface area contributed by atoms with Crippen LogP contribution < -0.4 is 5.32 Å². The van der Waals surface area contributed by atoms with E-state index in [4.69, 9.17) is 0 Å². The number of fused-ring (bicyclic) bond motifs is 1. The summed E-state index contributed by atoms with van der Waals surface area (Å²) in [5, 5.41) is 2.34. The maximum atomic E-state index is 12.5. The van der Waals surface area contributed by atoms with Crippen molar-refractivity contribution in [2.75, 3.05) is 0 Å². The van der Waals surface area contributed by atoms with E-state index < -0.39 is 6.09 Å². The Kier molecular flexibility index (Phi) is 1.06. The summed E-state index contributed by atoms with van der Waals surface area (Å²) in [6, 6.07) is 0. The summed E-state index contributed by atoms with van der Waals surface area (Å²) in [6.07, 6.45) is 0.772. The summed E-state index contributed by atoms with van der Waals surface area (Å²) in [4.78, 5) is 10.0. The largest absolute Gasteiger partial charge is 0.342 e. The van der Waals surface area contributed by atoms with E-state index >= 15 is 0 Å². The molecule has 2 rings (SSSR count). The quantitative estimate of drug-likeness (QED) is 0.543. The van der Waals surface area contributed by atoms with Crippen molar-refractivity contribution in [3.05, 3.63) is 18.6 Å². The van der Waals surface area contributed by atoms with Crippen molar-refractivity contribution in [1.29, 1.82) is 0 Å². The third-order valence-electron chi connectivity index (χ3n) is 1.38. The Balaban J connectivity index is 2.60. The molecule has 0 bridgehead atoms. The minimum atomic E-state index is -0.672. The van der Waals surface area contributed by atoms with Crippen LogP contribution in [0.5, 0.6) is 0 Å². The summed E-state index contributed by atoms with van der Waals surface area (Å²) in [6.45, 7) is 3.57. The molecule has 1 aliphatic rings. The van der Waals surface area contributed by atoms with Crippen LogP contribution in [0.15, 0.2) is 17.9 Å². The number of halogens is 1. The molecule has 2 N–H and O–H groups in total. The number of hydrogen-bond donors (Lipinski definition) is 2. The van der Waals surface area contributed by atoms with Gasteiger partial charge in [0.15, 0.2) is 5.82 Å². The molecule has 0 atom stereocenters. The molecule has 0 fully saturated rings. The van der Waals surface area contributed by atoms with Crippen molar-refractivity contribution < 1.29 is 4.39 Å². The van der Waals surface area contributed by atoms with E-state index in [0.717, 1.165) is 0 Å². The molecule has 0 spiro atoms. The van der Waals surface area contributed by atoms with Crippen LogP contribution in [0.3, 0.4) is 0 Å². The molecule has 0 saturated carbocycles. The lowest BCUT2D eigenvalue weighted by Crippen LogP contribution is -2.19. The second-order valence-corrected chi connectivity index (χ2v) is 2.11.